The Kier molecular flexibility index (Phi) is 2.13. The van der Waals surface area contributed by atoms with E-state index in [-0.39, 0.29) is 5.02 Å². The SMILES string of the molecule is Nc1cc(-c2ccc(F)c(Cl)c2)[nH]n1. The van der Waals surface area contributed by atoms with Gasteiger partial charge in [0.2, 0.25) is 0 Å². The van der Waals surface area contributed by atoms with Crippen LogP contribution in [-0.4, -0.2) is 10.2 Å². The summed E-state index contributed by atoms with van der Waals surface area (Å²) in [7, 11) is 0. The minimum absolute atomic E-state index is 0.0793. The van der Waals surface area contributed by atoms with Gasteiger partial charge in [-0.25, -0.2) is 4.39 Å². The topological polar surface area (TPSA) is 54.7 Å². The summed E-state index contributed by atoms with van der Waals surface area (Å²) in [5.74, 6) is -0.0525. The lowest BCUT2D eigenvalue weighted by Gasteiger charge is -1.98. The predicted molar refractivity (Wildman–Crippen MR) is 53.4 cm³/mol. The van der Waals surface area contributed by atoms with Gasteiger partial charge in [0.1, 0.15) is 11.6 Å². The standard InChI is InChI=1S/C9H7ClFN3/c10-6-3-5(1-2-7(6)11)8-4-9(12)14-13-8/h1-4H,(H3,12,13,14). The molecular weight excluding hydrogens is 205 g/mol. The first-order chi connectivity index (χ1) is 6.66. The maximum Gasteiger partial charge on any atom is 0.145 e. The van der Waals surface area contributed by atoms with Gasteiger partial charge in [-0.3, -0.25) is 5.10 Å². The van der Waals surface area contributed by atoms with E-state index >= 15 is 0 Å². The van der Waals surface area contributed by atoms with Crippen LogP contribution in [0.5, 0.6) is 0 Å². The molecule has 0 atom stereocenters. The van der Waals surface area contributed by atoms with Gasteiger partial charge in [0.05, 0.1) is 10.7 Å². The van der Waals surface area contributed by atoms with E-state index in [1.165, 1.54) is 12.1 Å². The Morgan fingerprint density at radius 1 is 1.36 bits per heavy atom. The second kappa shape index (κ2) is 3.31. The van der Waals surface area contributed by atoms with Crippen LogP contribution in [0.1, 0.15) is 0 Å². The normalized spacial score (nSPS) is 10.4. The molecule has 3 nitrogen and oxygen atoms in total. The third-order valence-electron chi connectivity index (χ3n) is 1.83. The van der Waals surface area contributed by atoms with Gasteiger partial charge in [-0.1, -0.05) is 11.6 Å². The quantitative estimate of drug-likeness (QED) is 0.761. The number of nitrogens with one attached hydrogen (secondary N) is 1. The molecule has 72 valence electrons. The molecule has 0 aliphatic heterocycles. The Morgan fingerprint density at radius 3 is 2.71 bits per heavy atom. The zero-order chi connectivity index (χ0) is 10.1. The van der Waals surface area contributed by atoms with Gasteiger partial charge in [-0.2, -0.15) is 5.10 Å². The molecular formula is C9H7ClFN3. The van der Waals surface area contributed by atoms with E-state index in [2.05, 4.69) is 10.2 Å². The first-order valence-corrected chi connectivity index (χ1v) is 4.31. The molecule has 0 unspecified atom stereocenters. The number of nitrogen functional groups attached to an aromatic ring is 1. The number of H-pyrrole nitrogens is 1. The van der Waals surface area contributed by atoms with Crippen molar-refractivity contribution in [3.8, 4) is 11.3 Å². The molecule has 0 bridgehead atoms. The van der Waals surface area contributed by atoms with Crippen LogP contribution in [0.15, 0.2) is 24.3 Å². The van der Waals surface area contributed by atoms with Crippen molar-refractivity contribution >= 4 is 17.4 Å². The lowest BCUT2D eigenvalue weighted by atomic mass is 10.1. The number of aromatic nitrogens is 2. The zero-order valence-corrected chi connectivity index (χ0v) is 7.85. The highest BCUT2D eigenvalue weighted by Crippen LogP contribution is 2.24. The van der Waals surface area contributed by atoms with Crippen molar-refractivity contribution in [2.24, 2.45) is 0 Å². The average Bonchev–Trinajstić information content (AvgIpc) is 2.57. The van der Waals surface area contributed by atoms with Crippen LogP contribution >= 0.6 is 11.6 Å². The second-order valence-corrected chi connectivity index (χ2v) is 3.24. The molecule has 14 heavy (non-hydrogen) atoms. The Morgan fingerprint density at radius 2 is 2.14 bits per heavy atom. The zero-order valence-electron chi connectivity index (χ0n) is 7.09. The van der Waals surface area contributed by atoms with E-state index < -0.39 is 5.82 Å². The fourth-order valence-corrected chi connectivity index (χ4v) is 1.33. The van der Waals surface area contributed by atoms with Crippen LogP contribution in [0.3, 0.4) is 0 Å². The highest BCUT2D eigenvalue weighted by Gasteiger charge is 2.04. The number of benzene rings is 1. The number of aromatic amines is 1. The molecule has 0 fully saturated rings. The summed E-state index contributed by atoms with van der Waals surface area (Å²) in [5, 5.41) is 6.55. The molecule has 2 rings (SSSR count). The number of hydrogen-bond donors (Lipinski definition) is 2. The summed E-state index contributed by atoms with van der Waals surface area (Å²) < 4.78 is 12.8. The van der Waals surface area contributed by atoms with E-state index in [4.69, 9.17) is 17.3 Å². The number of nitrogens with two attached hydrogens (primary N) is 1. The van der Waals surface area contributed by atoms with Crippen molar-refractivity contribution in [1.82, 2.24) is 10.2 Å². The molecule has 3 N–H and O–H groups in total. The van der Waals surface area contributed by atoms with Gasteiger partial charge in [0, 0.05) is 11.6 Å². The molecule has 1 aromatic carbocycles. The predicted octanol–water partition coefficient (Wildman–Crippen LogP) is 2.45. The van der Waals surface area contributed by atoms with E-state index in [1.807, 2.05) is 0 Å². The molecule has 0 saturated carbocycles. The maximum atomic E-state index is 12.8. The molecule has 0 radical (unpaired) electrons. The highest BCUT2D eigenvalue weighted by atomic mass is 35.5. The van der Waals surface area contributed by atoms with Crippen molar-refractivity contribution in [3.63, 3.8) is 0 Å². The number of nitrogens with zero attached hydrogens (tertiary/aromatic N) is 1. The Balaban J connectivity index is 2.47. The van der Waals surface area contributed by atoms with Gasteiger partial charge in [-0.05, 0) is 18.2 Å². The molecule has 0 aliphatic carbocycles. The van der Waals surface area contributed by atoms with E-state index in [0.29, 0.717) is 11.5 Å². The molecule has 0 aliphatic rings. The molecule has 0 spiro atoms. The fraction of sp³-hybridized carbons (Fsp3) is 0. The van der Waals surface area contributed by atoms with Crippen LogP contribution in [0, 0.1) is 5.82 Å². The van der Waals surface area contributed by atoms with Crippen molar-refractivity contribution in [2.45, 2.75) is 0 Å². The lowest BCUT2D eigenvalue weighted by Crippen LogP contribution is -1.81. The van der Waals surface area contributed by atoms with Crippen molar-refractivity contribution in [2.75, 3.05) is 5.73 Å². The van der Waals surface area contributed by atoms with Gasteiger partial charge in [0.25, 0.3) is 0 Å². The summed E-state index contributed by atoms with van der Waals surface area (Å²) in [6.07, 6.45) is 0. The van der Waals surface area contributed by atoms with E-state index in [1.54, 1.807) is 12.1 Å². The van der Waals surface area contributed by atoms with Crippen molar-refractivity contribution in [1.29, 1.82) is 0 Å². The Labute approximate surface area is 84.7 Å². The Bertz CT molecular complexity index is 467. The number of rotatable bonds is 1. The molecule has 1 aromatic heterocycles. The van der Waals surface area contributed by atoms with Crippen LogP contribution in [0.4, 0.5) is 10.2 Å². The largest absolute Gasteiger partial charge is 0.382 e. The third-order valence-corrected chi connectivity index (χ3v) is 2.12. The summed E-state index contributed by atoms with van der Waals surface area (Å²) in [5.41, 5.74) is 6.90. The van der Waals surface area contributed by atoms with Gasteiger partial charge in [-0.15, -0.1) is 0 Å². The van der Waals surface area contributed by atoms with Crippen LogP contribution in [-0.2, 0) is 0 Å². The van der Waals surface area contributed by atoms with Gasteiger partial charge in [0.15, 0.2) is 0 Å². The average molecular weight is 212 g/mol. The molecule has 0 amide bonds. The highest BCUT2D eigenvalue weighted by molar-refractivity contribution is 6.31. The summed E-state index contributed by atoms with van der Waals surface area (Å²) in [6, 6.07) is 6.08. The summed E-state index contributed by atoms with van der Waals surface area (Å²) >= 11 is 5.63. The summed E-state index contributed by atoms with van der Waals surface area (Å²) in [6.45, 7) is 0. The Hall–Kier alpha value is -1.55. The van der Waals surface area contributed by atoms with Gasteiger partial charge < -0.3 is 5.73 Å². The summed E-state index contributed by atoms with van der Waals surface area (Å²) in [4.78, 5) is 0. The van der Waals surface area contributed by atoms with E-state index in [0.717, 1.165) is 5.56 Å². The third kappa shape index (κ3) is 1.56. The van der Waals surface area contributed by atoms with Crippen LogP contribution in [0.25, 0.3) is 11.3 Å². The van der Waals surface area contributed by atoms with Crippen LogP contribution in [0.2, 0.25) is 5.02 Å². The monoisotopic (exact) mass is 211 g/mol. The van der Waals surface area contributed by atoms with Crippen LogP contribution < -0.4 is 5.73 Å². The second-order valence-electron chi connectivity index (χ2n) is 2.84. The number of hydrogen-bond acceptors (Lipinski definition) is 2. The maximum absolute atomic E-state index is 12.8. The molecule has 0 saturated heterocycles. The van der Waals surface area contributed by atoms with Crippen molar-refractivity contribution in [3.05, 3.63) is 35.1 Å². The lowest BCUT2D eigenvalue weighted by molar-refractivity contribution is 0.628. The van der Waals surface area contributed by atoms with Crippen molar-refractivity contribution < 1.29 is 4.39 Å². The number of anilines is 1. The van der Waals surface area contributed by atoms with Gasteiger partial charge >= 0.3 is 0 Å². The molecule has 2 aromatic rings. The minimum atomic E-state index is -0.442. The first-order valence-electron chi connectivity index (χ1n) is 3.93. The van der Waals surface area contributed by atoms with E-state index in [9.17, 15) is 4.39 Å². The number of halogens is 2. The molecule has 5 heteroatoms. The first kappa shape index (κ1) is 9.02. The minimum Gasteiger partial charge on any atom is -0.382 e. The molecule has 1 heterocycles. The fourth-order valence-electron chi connectivity index (χ4n) is 1.15. The smallest absolute Gasteiger partial charge is 0.145 e.